The Morgan fingerprint density at radius 3 is 2.43 bits per heavy atom. The van der Waals surface area contributed by atoms with Crippen molar-refractivity contribution < 1.29 is 0 Å². The number of rotatable bonds is 2. The molecule has 1 atom stereocenters. The molecule has 14 heavy (non-hydrogen) atoms. The zero-order valence-corrected chi connectivity index (χ0v) is 8.92. The third-order valence-electron chi connectivity index (χ3n) is 2.18. The monoisotopic (exact) mass is 203 g/mol. The molecule has 0 fully saturated rings. The molecule has 0 aliphatic rings. The molecule has 0 saturated carbocycles. The summed E-state index contributed by atoms with van der Waals surface area (Å²) in [6, 6.07) is 12.7. The molecule has 0 saturated heterocycles. The molecule has 1 aromatic carbocycles. The second-order valence-corrected chi connectivity index (χ2v) is 4.34. The first-order chi connectivity index (χ1) is 6.77. The highest BCUT2D eigenvalue weighted by Gasteiger charge is 2.04. The maximum absolute atomic E-state index is 5.82. The molecule has 1 nitrogen and oxygen atoms in total. The molecule has 2 aromatic rings. The predicted molar refractivity (Wildman–Crippen MR) is 62.4 cm³/mol. The van der Waals surface area contributed by atoms with Crippen molar-refractivity contribution in [3.8, 4) is 11.1 Å². The zero-order valence-electron chi connectivity index (χ0n) is 8.10. The van der Waals surface area contributed by atoms with Crippen LogP contribution in [0.4, 0.5) is 0 Å². The van der Waals surface area contributed by atoms with Crippen LogP contribution in [0.2, 0.25) is 0 Å². The molecule has 0 aliphatic carbocycles. The minimum Gasteiger partial charge on any atom is -0.324 e. The van der Waals surface area contributed by atoms with Crippen LogP contribution in [-0.2, 0) is 0 Å². The van der Waals surface area contributed by atoms with Crippen LogP contribution >= 0.6 is 11.3 Å². The molecule has 72 valence electrons. The molecule has 0 aliphatic heterocycles. The predicted octanol–water partition coefficient (Wildman–Crippen LogP) is 3.43. The van der Waals surface area contributed by atoms with E-state index in [-0.39, 0.29) is 6.04 Å². The van der Waals surface area contributed by atoms with E-state index in [1.807, 2.05) is 13.0 Å². The molecule has 0 bridgehead atoms. The first-order valence-electron chi connectivity index (χ1n) is 4.67. The van der Waals surface area contributed by atoms with Crippen LogP contribution in [0.25, 0.3) is 11.1 Å². The second kappa shape index (κ2) is 3.95. The van der Waals surface area contributed by atoms with Gasteiger partial charge in [0.2, 0.25) is 0 Å². The summed E-state index contributed by atoms with van der Waals surface area (Å²) in [6.45, 7) is 2.01. The third-order valence-corrected chi connectivity index (χ3v) is 3.31. The Bertz CT molecular complexity index is 403. The van der Waals surface area contributed by atoms with Crippen molar-refractivity contribution in [1.82, 2.24) is 0 Å². The van der Waals surface area contributed by atoms with Gasteiger partial charge in [0.1, 0.15) is 0 Å². The van der Waals surface area contributed by atoms with E-state index in [1.54, 1.807) is 11.3 Å². The molecule has 2 heteroatoms. The molecular weight excluding hydrogens is 190 g/mol. The molecular formula is C12H13NS. The smallest absolute Gasteiger partial charge is 0.0361 e. The normalized spacial score (nSPS) is 12.7. The second-order valence-electron chi connectivity index (χ2n) is 3.39. The first kappa shape index (κ1) is 9.44. The number of hydrogen-bond acceptors (Lipinski definition) is 2. The summed E-state index contributed by atoms with van der Waals surface area (Å²) < 4.78 is 0. The van der Waals surface area contributed by atoms with Gasteiger partial charge in [0.15, 0.2) is 0 Å². The van der Waals surface area contributed by atoms with Gasteiger partial charge in [-0.3, -0.25) is 0 Å². The van der Waals surface area contributed by atoms with E-state index in [9.17, 15) is 0 Å². The average molecular weight is 203 g/mol. The largest absolute Gasteiger partial charge is 0.324 e. The van der Waals surface area contributed by atoms with Crippen LogP contribution in [0.1, 0.15) is 17.8 Å². The fraction of sp³-hybridized carbons (Fsp3) is 0.167. The lowest BCUT2D eigenvalue weighted by Gasteiger charge is -1.98. The third kappa shape index (κ3) is 1.86. The van der Waals surface area contributed by atoms with E-state index in [0.29, 0.717) is 0 Å². The number of nitrogens with two attached hydrogens (primary N) is 1. The Balaban J connectivity index is 2.34. The first-order valence-corrected chi connectivity index (χ1v) is 5.55. The Kier molecular flexibility index (Phi) is 2.66. The maximum atomic E-state index is 5.82. The number of hydrogen-bond donors (Lipinski definition) is 1. The van der Waals surface area contributed by atoms with Crippen LogP contribution in [0.3, 0.4) is 0 Å². The highest BCUT2D eigenvalue weighted by molar-refractivity contribution is 7.10. The van der Waals surface area contributed by atoms with Gasteiger partial charge in [0.05, 0.1) is 0 Å². The standard InChI is InChI=1S/C12H13NS/c1-9(13)12-7-11(8-14-12)10-5-3-2-4-6-10/h2-9H,13H2,1H3. The van der Waals surface area contributed by atoms with Crippen molar-refractivity contribution >= 4 is 11.3 Å². The van der Waals surface area contributed by atoms with Gasteiger partial charge in [-0.25, -0.2) is 0 Å². The van der Waals surface area contributed by atoms with E-state index < -0.39 is 0 Å². The van der Waals surface area contributed by atoms with E-state index >= 15 is 0 Å². The van der Waals surface area contributed by atoms with Gasteiger partial charge in [0.25, 0.3) is 0 Å². The van der Waals surface area contributed by atoms with Gasteiger partial charge in [-0.05, 0) is 29.5 Å². The molecule has 1 unspecified atom stereocenters. The highest BCUT2D eigenvalue weighted by atomic mass is 32.1. The summed E-state index contributed by atoms with van der Waals surface area (Å²) in [5, 5.41) is 2.16. The topological polar surface area (TPSA) is 26.0 Å². The molecule has 0 spiro atoms. The van der Waals surface area contributed by atoms with Crippen molar-refractivity contribution in [3.05, 3.63) is 46.7 Å². The van der Waals surface area contributed by atoms with Crippen molar-refractivity contribution in [1.29, 1.82) is 0 Å². The Hall–Kier alpha value is -1.12. The van der Waals surface area contributed by atoms with Crippen molar-refractivity contribution in [2.24, 2.45) is 5.73 Å². The highest BCUT2D eigenvalue weighted by Crippen LogP contribution is 2.27. The maximum Gasteiger partial charge on any atom is 0.0361 e. The average Bonchev–Trinajstić information content (AvgIpc) is 2.68. The minimum atomic E-state index is 0.137. The van der Waals surface area contributed by atoms with Gasteiger partial charge in [0, 0.05) is 10.9 Å². The number of benzene rings is 1. The molecule has 2 N–H and O–H groups in total. The Morgan fingerprint density at radius 1 is 1.14 bits per heavy atom. The minimum absolute atomic E-state index is 0.137. The van der Waals surface area contributed by atoms with Crippen LogP contribution in [0, 0.1) is 0 Å². The van der Waals surface area contributed by atoms with Crippen molar-refractivity contribution in [2.75, 3.05) is 0 Å². The van der Waals surface area contributed by atoms with Gasteiger partial charge in [-0.2, -0.15) is 0 Å². The lowest BCUT2D eigenvalue weighted by molar-refractivity contribution is 0.838. The van der Waals surface area contributed by atoms with E-state index in [4.69, 9.17) is 5.73 Å². The van der Waals surface area contributed by atoms with Gasteiger partial charge >= 0.3 is 0 Å². The van der Waals surface area contributed by atoms with Crippen LogP contribution in [0.5, 0.6) is 0 Å². The van der Waals surface area contributed by atoms with Crippen LogP contribution in [0.15, 0.2) is 41.8 Å². The van der Waals surface area contributed by atoms with Crippen molar-refractivity contribution in [3.63, 3.8) is 0 Å². The van der Waals surface area contributed by atoms with Gasteiger partial charge < -0.3 is 5.73 Å². The van der Waals surface area contributed by atoms with E-state index in [2.05, 4.69) is 35.7 Å². The molecule has 1 aromatic heterocycles. The molecule has 2 rings (SSSR count). The van der Waals surface area contributed by atoms with Gasteiger partial charge in [-0.15, -0.1) is 11.3 Å². The molecule has 1 heterocycles. The lowest BCUT2D eigenvalue weighted by atomic mass is 10.1. The van der Waals surface area contributed by atoms with Crippen molar-refractivity contribution in [2.45, 2.75) is 13.0 Å². The molecule has 0 amide bonds. The summed E-state index contributed by atoms with van der Waals surface area (Å²) in [6.07, 6.45) is 0. The Labute approximate surface area is 88.2 Å². The summed E-state index contributed by atoms with van der Waals surface area (Å²) in [4.78, 5) is 1.24. The Morgan fingerprint density at radius 2 is 1.86 bits per heavy atom. The summed E-state index contributed by atoms with van der Waals surface area (Å²) in [5.74, 6) is 0. The van der Waals surface area contributed by atoms with Gasteiger partial charge in [-0.1, -0.05) is 30.3 Å². The van der Waals surface area contributed by atoms with E-state index in [1.165, 1.54) is 16.0 Å². The zero-order chi connectivity index (χ0) is 9.97. The fourth-order valence-corrected chi connectivity index (χ4v) is 2.25. The summed E-state index contributed by atoms with van der Waals surface area (Å²) >= 11 is 1.73. The summed E-state index contributed by atoms with van der Waals surface area (Å²) in [7, 11) is 0. The van der Waals surface area contributed by atoms with E-state index in [0.717, 1.165) is 0 Å². The van der Waals surface area contributed by atoms with Crippen LogP contribution < -0.4 is 5.73 Å². The quantitative estimate of drug-likeness (QED) is 0.795. The molecule has 0 radical (unpaired) electrons. The fourth-order valence-electron chi connectivity index (χ4n) is 1.37. The number of thiophene rings is 1. The summed E-state index contributed by atoms with van der Waals surface area (Å²) in [5.41, 5.74) is 8.34. The lowest BCUT2D eigenvalue weighted by Crippen LogP contribution is -2.01. The SMILES string of the molecule is CC(N)c1cc(-c2ccccc2)cs1. The van der Waals surface area contributed by atoms with Crippen LogP contribution in [-0.4, -0.2) is 0 Å².